The van der Waals surface area contributed by atoms with Crippen LogP contribution in [-0.2, 0) is 0 Å². The predicted octanol–water partition coefficient (Wildman–Crippen LogP) is 3.95. The number of nitrogens with one attached hydrogen (secondary N) is 2. The first kappa shape index (κ1) is 21.3. The van der Waals surface area contributed by atoms with Crippen LogP contribution in [0.4, 0.5) is 30.8 Å². The molecule has 4 rings (SSSR count). The van der Waals surface area contributed by atoms with E-state index in [1.807, 2.05) is 0 Å². The summed E-state index contributed by atoms with van der Waals surface area (Å²) in [6, 6.07) is 9.00. The van der Waals surface area contributed by atoms with Crippen LogP contribution < -0.4 is 15.5 Å². The Bertz CT molecular complexity index is 1090. The smallest absolute Gasteiger partial charge is 0.323 e. The molecule has 0 radical (unpaired) electrons. The Labute approximate surface area is 182 Å². The van der Waals surface area contributed by atoms with E-state index in [9.17, 15) is 18.4 Å². The average Bonchev–Trinajstić information content (AvgIpc) is 3.21. The zero-order valence-corrected chi connectivity index (χ0v) is 17.1. The van der Waals surface area contributed by atoms with Crippen LogP contribution in [0.2, 0.25) is 0 Å². The SMILES string of the molecule is O=C(Nc1ccc(N2CCCN(C(=O)c3ccco3)CC2)nc1)Nc1ccc(F)cc1F. The maximum Gasteiger partial charge on any atom is 0.323 e. The van der Waals surface area contributed by atoms with Gasteiger partial charge in [-0.25, -0.2) is 18.6 Å². The van der Waals surface area contributed by atoms with Gasteiger partial charge in [0, 0.05) is 32.2 Å². The first-order valence-electron chi connectivity index (χ1n) is 10.1. The maximum absolute atomic E-state index is 13.7. The van der Waals surface area contributed by atoms with Gasteiger partial charge in [-0.15, -0.1) is 0 Å². The highest BCUT2D eigenvalue weighted by atomic mass is 19.1. The summed E-state index contributed by atoms with van der Waals surface area (Å²) < 4.78 is 31.8. The molecule has 1 saturated heterocycles. The standard InChI is InChI=1S/C22H21F2N5O3/c23-15-4-6-18(17(24)13-15)27-22(31)26-16-5-7-20(25-14-16)28-8-2-9-29(11-10-28)21(30)19-3-1-12-32-19/h1,3-7,12-14H,2,8-11H2,(H2,26,27,31). The second-order valence-electron chi connectivity index (χ2n) is 7.22. The Hall–Kier alpha value is -3.95. The summed E-state index contributed by atoms with van der Waals surface area (Å²) in [5.41, 5.74) is 0.282. The van der Waals surface area contributed by atoms with Crippen molar-refractivity contribution in [1.29, 1.82) is 0 Å². The molecule has 0 unspecified atom stereocenters. The van der Waals surface area contributed by atoms with E-state index in [2.05, 4.69) is 20.5 Å². The highest BCUT2D eigenvalue weighted by Gasteiger charge is 2.22. The van der Waals surface area contributed by atoms with Gasteiger partial charge in [0.1, 0.15) is 17.5 Å². The lowest BCUT2D eigenvalue weighted by Gasteiger charge is -2.22. The average molecular weight is 441 g/mol. The summed E-state index contributed by atoms with van der Waals surface area (Å²) in [6.45, 7) is 2.49. The fraction of sp³-hybridized carbons (Fsp3) is 0.227. The number of aromatic nitrogens is 1. The van der Waals surface area contributed by atoms with Crippen LogP contribution >= 0.6 is 0 Å². The number of halogens is 2. The number of furan rings is 1. The molecular weight excluding hydrogens is 420 g/mol. The number of urea groups is 1. The Morgan fingerprint density at radius 3 is 2.59 bits per heavy atom. The lowest BCUT2D eigenvalue weighted by atomic mass is 10.3. The summed E-state index contributed by atoms with van der Waals surface area (Å²) in [4.78, 5) is 32.8. The summed E-state index contributed by atoms with van der Waals surface area (Å²) in [5.74, 6) is -0.684. The lowest BCUT2D eigenvalue weighted by molar-refractivity contribution is 0.0735. The van der Waals surface area contributed by atoms with Gasteiger partial charge in [-0.1, -0.05) is 0 Å². The number of carbonyl (C=O) groups is 2. The van der Waals surface area contributed by atoms with Crippen LogP contribution in [-0.4, -0.2) is 48.0 Å². The van der Waals surface area contributed by atoms with Crippen molar-refractivity contribution in [3.05, 3.63) is 72.3 Å². The minimum Gasteiger partial charge on any atom is -0.459 e. The van der Waals surface area contributed by atoms with Crippen molar-refractivity contribution in [1.82, 2.24) is 9.88 Å². The van der Waals surface area contributed by atoms with Gasteiger partial charge in [-0.3, -0.25) is 4.79 Å². The zero-order chi connectivity index (χ0) is 22.5. The molecule has 32 heavy (non-hydrogen) atoms. The predicted molar refractivity (Wildman–Crippen MR) is 115 cm³/mol. The summed E-state index contributed by atoms with van der Waals surface area (Å²) in [5, 5.41) is 4.88. The third-order valence-electron chi connectivity index (χ3n) is 5.02. The first-order valence-corrected chi connectivity index (χ1v) is 10.1. The molecule has 1 aromatic carbocycles. The molecule has 0 spiro atoms. The normalized spacial score (nSPS) is 14.1. The van der Waals surface area contributed by atoms with Crippen molar-refractivity contribution in [3.8, 4) is 0 Å². The Kier molecular flexibility index (Phi) is 6.29. The van der Waals surface area contributed by atoms with E-state index in [1.54, 1.807) is 29.2 Å². The molecule has 0 saturated carbocycles. The fourth-order valence-corrected chi connectivity index (χ4v) is 3.43. The van der Waals surface area contributed by atoms with Crippen LogP contribution in [0.3, 0.4) is 0 Å². The number of hydrogen-bond donors (Lipinski definition) is 2. The number of rotatable bonds is 4. The number of pyridine rings is 1. The summed E-state index contributed by atoms with van der Waals surface area (Å²) in [6.07, 6.45) is 3.75. The minimum atomic E-state index is -0.866. The molecule has 0 atom stereocenters. The molecule has 166 valence electrons. The maximum atomic E-state index is 13.7. The van der Waals surface area contributed by atoms with E-state index < -0.39 is 17.7 Å². The molecule has 2 aromatic heterocycles. The number of nitrogens with zero attached hydrogens (tertiary/aromatic N) is 3. The van der Waals surface area contributed by atoms with Crippen LogP contribution in [0.25, 0.3) is 0 Å². The second kappa shape index (κ2) is 9.46. The number of hydrogen-bond acceptors (Lipinski definition) is 5. The van der Waals surface area contributed by atoms with Gasteiger partial charge in [-0.05, 0) is 42.8 Å². The molecule has 3 aromatic rings. The second-order valence-corrected chi connectivity index (χ2v) is 7.22. The molecule has 3 heterocycles. The molecule has 1 aliphatic rings. The molecule has 2 N–H and O–H groups in total. The number of amides is 3. The van der Waals surface area contributed by atoms with Gasteiger partial charge in [-0.2, -0.15) is 0 Å². The largest absolute Gasteiger partial charge is 0.459 e. The number of carbonyl (C=O) groups excluding carboxylic acids is 2. The third-order valence-corrected chi connectivity index (χ3v) is 5.02. The monoisotopic (exact) mass is 441 g/mol. The van der Waals surface area contributed by atoms with E-state index in [-0.39, 0.29) is 11.6 Å². The first-order chi connectivity index (χ1) is 15.5. The van der Waals surface area contributed by atoms with Crippen LogP contribution in [0.15, 0.2) is 59.3 Å². The Balaban J connectivity index is 1.33. The minimum absolute atomic E-state index is 0.132. The van der Waals surface area contributed by atoms with E-state index in [0.717, 1.165) is 25.1 Å². The van der Waals surface area contributed by atoms with Crippen molar-refractivity contribution in [3.63, 3.8) is 0 Å². The van der Waals surface area contributed by atoms with Crippen LogP contribution in [0.5, 0.6) is 0 Å². The zero-order valence-electron chi connectivity index (χ0n) is 17.1. The van der Waals surface area contributed by atoms with Crippen LogP contribution in [0, 0.1) is 11.6 Å². The Morgan fingerprint density at radius 1 is 1.00 bits per heavy atom. The highest BCUT2D eigenvalue weighted by molar-refractivity contribution is 5.99. The van der Waals surface area contributed by atoms with E-state index >= 15 is 0 Å². The van der Waals surface area contributed by atoms with Gasteiger partial charge in [0.05, 0.1) is 23.8 Å². The van der Waals surface area contributed by atoms with Gasteiger partial charge in [0.25, 0.3) is 5.91 Å². The number of benzene rings is 1. The van der Waals surface area contributed by atoms with Gasteiger partial charge < -0.3 is 24.9 Å². The molecule has 8 nitrogen and oxygen atoms in total. The molecule has 1 aliphatic heterocycles. The van der Waals surface area contributed by atoms with E-state index in [0.29, 0.717) is 43.0 Å². The van der Waals surface area contributed by atoms with Crippen molar-refractivity contribution < 1.29 is 22.8 Å². The lowest BCUT2D eigenvalue weighted by Crippen LogP contribution is -2.35. The fourth-order valence-electron chi connectivity index (χ4n) is 3.43. The molecule has 0 aliphatic carbocycles. The van der Waals surface area contributed by atoms with Gasteiger partial charge in [0.2, 0.25) is 0 Å². The highest BCUT2D eigenvalue weighted by Crippen LogP contribution is 2.19. The molecular formula is C22H21F2N5O3. The molecule has 1 fully saturated rings. The summed E-state index contributed by atoms with van der Waals surface area (Å²) >= 11 is 0. The van der Waals surface area contributed by atoms with Crippen molar-refractivity contribution in [2.75, 3.05) is 41.7 Å². The van der Waals surface area contributed by atoms with Crippen molar-refractivity contribution >= 4 is 29.1 Å². The molecule has 3 amide bonds. The van der Waals surface area contributed by atoms with E-state index in [1.165, 1.54) is 12.5 Å². The summed E-state index contributed by atoms with van der Waals surface area (Å²) in [7, 11) is 0. The van der Waals surface area contributed by atoms with Crippen molar-refractivity contribution in [2.45, 2.75) is 6.42 Å². The van der Waals surface area contributed by atoms with Gasteiger partial charge >= 0.3 is 6.03 Å². The van der Waals surface area contributed by atoms with Crippen LogP contribution in [0.1, 0.15) is 17.0 Å². The third kappa shape index (κ3) is 5.02. The van der Waals surface area contributed by atoms with Crippen molar-refractivity contribution in [2.24, 2.45) is 0 Å². The molecule has 10 heteroatoms. The topological polar surface area (TPSA) is 90.7 Å². The quantitative estimate of drug-likeness (QED) is 0.640. The number of anilines is 3. The molecule has 0 bridgehead atoms. The van der Waals surface area contributed by atoms with E-state index in [4.69, 9.17) is 4.42 Å². The van der Waals surface area contributed by atoms with Gasteiger partial charge in [0.15, 0.2) is 5.76 Å². The Morgan fingerprint density at radius 2 is 1.88 bits per heavy atom.